The molecule has 0 aliphatic heterocycles. The van der Waals surface area contributed by atoms with Crippen LogP contribution in [0.15, 0.2) is 72.3 Å². The van der Waals surface area contributed by atoms with Crippen molar-refractivity contribution < 1.29 is 32.8 Å². The highest BCUT2D eigenvalue weighted by molar-refractivity contribution is 7.47. The first-order valence-electron chi connectivity index (χ1n) is 16.9. The maximum absolute atomic E-state index is 12.9. The molecule has 46 heavy (non-hydrogen) atoms. The summed E-state index contributed by atoms with van der Waals surface area (Å²) in [5, 5.41) is 0. The lowest BCUT2D eigenvalue weighted by Crippen LogP contribution is -2.32. The fraction of sp³-hybridized carbons (Fsp3) is 0.595. The van der Waals surface area contributed by atoms with Crippen LogP contribution >= 0.6 is 7.82 Å². The monoisotopic (exact) mass is 659 g/mol. The summed E-state index contributed by atoms with van der Waals surface area (Å²) in [4.78, 5) is 23.4. The third kappa shape index (κ3) is 18.0. The van der Waals surface area contributed by atoms with E-state index >= 15 is 0 Å². The Morgan fingerprint density at radius 3 is 1.93 bits per heavy atom. The van der Waals surface area contributed by atoms with Gasteiger partial charge in [0.15, 0.2) is 11.9 Å². The highest BCUT2D eigenvalue weighted by Gasteiger charge is 2.31. The van der Waals surface area contributed by atoms with E-state index in [0.29, 0.717) is 17.4 Å². The first-order valence-corrected chi connectivity index (χ1v) is 18.4. The van der Waals surface area contributed by atoms with Crippen LogP contribution in [0.4, 0.5) is 0 Å². The minimum absolute atomic E-state index is 0.0519. The van der Waals surface area contributed by atoms with E-state index in [1.165, 1.54) is 44.6 Å². The fourth-order valence-corrected chi connectivity index (χ4v) is 6.14. The van der Waals surface area contributed by atoms with E-state index in [-0.39, 0.29) is 19.8 Å². The summed E-state index contributed by atoms with van der Waals surface area (Å²) in [6.45, 7) is 10.6. The Kier molecular flexibility index (Phi) is 19.1. The molecule has 2 rings (SSSR count). The molecule has 9 heteroatoms. The molecule has 0 heterocycles. The average molecular weight is 660 g/mol. The van der Waals surface area contributed by atoms with Gasteiger partial charge in [0.25, 0.3) is 0 Å². The molecular formula is C37H58NO7P. The van der Waals surface area contributed by atoms with E-state index in [2.05, 4.69) is 27.7 Å². The van der Waals surface area contributed by atoms with Crippen LogP contribution in [0.25, 0.3) is 0 Å². The quantitative estimate of drug-likeness (QED) is 0.0802. The SMILES string of the molecule is C/C(=C\C(=O)C(CN)OP(=O)(O)OCC(COc1ccccc1)Oc1ccccc1)CCCC(C)CCCC(C)CCCC(C)C. The van der Waals surface area contributed by atoms with Crippen LogP contribution < -0.4 is 15.2 Å². The molecule has 2 aromatic carbocycles. The number of rotatable bonds is 25. The van der Waals surface area contributed by atoms with Gasteiger partial charge >= 0.3 is 7.82 Å². The minimum Gasteiger partial charge on any atom is -0.490 e. The van der Waals surface area contributed by atoms with Gasteiger partial charge < -0.3 is 20.1 Å². The molecule has 0 bridgehead atoms. The first kappa shape index (κ1) is 39.7. The molecule has 0 spiro atoms. The van der Waals surface area contributed by atoms with Crippen LogP contribution in [-0.2, 0) is 18.4 Å². The van der Waals surface area contributed by atoms with Crippen LogP contribution in [-0.4, -0.2) is 42.6 Å². The normalized spacial score (nSPS) is 16.0. The van der Waals surface area contributed by atoms with E-state index in [1.807, 2.05) is 43.3 Å². The van der Waals surface area contributed by atoms with Gasteiger partial charge in [-0.2, -0.15) is 0 Å². The molecule has 0 amide bonds. The Balaban J connectivity index is 1.79. The highest BCUT2D eigenvalue weighted by Crippen LogP contribution is 2.45. The van der Waals surface area contributed by atoms with Crippen LogP contribution in [0, 0.1) is 17.8 Å². The predicted molar refractivity (Wildman–Crippen MR) is 186 cm³/mol. The zero-order valence-electron chi connectivity index (χ0n) is 28.6. The Hall–Kier alpha value is -2.48. The molecule has 0 radical (unpaired) electrons. The largest absolute Gasteiger partial charge is 0.490 e. The summed E-state index contributed by atoms with van der Waals surface area (Å²) in [6.07, 6.45) is 10.0. The second-order valence-electron chi connectivity index (χ2n) is 13.0. The maximum Gasteiger partial charge on any atom is 0.473 e. The Bertz CT molecular complexity index is 1170. The van der Waals surface area contributed by atoms with Crippen LogP contribution in [0.3, 0.4) is 0 Å². The molecule has 258 valence electrons. The standard InChI is InChI=1S/C37H58NO7P/c1-29(2)15-12-16-30(3)17-13-18-31(4)19-14-20-32(5)25-36(39)37(26-38)45-46(40,41)43-28-35(44-34-23-10-7-11-24-34)27-42-33-21-8-6-9-22-33/h6-11,21-25,29-31,35,37H,12-20,26-28,38H2,1-5H3,(H,40,41)/b32-25+. The summed E-state index contributed by atoms with van der Waals surface area (Å²) in [7, 11) is -4.65. The van der Waals surface area contributed by atoms with E-state index in [4.69, 9.17) is 24.3 Å². The summed E-state index contributed by atoms with van der Waals surface area (Å²) in [6, 6.07) is 18.2. The second-order valence-corrected chi connectivity index (χ2v) is 14.4. The van der Waals surface area contributed by atoms with E-state index in [0.717, 1.165) is 36.7 Å². The number of hydrogen-bond acceptors (Lipinski definition) is 7. The zero-order valence-corrected chi connectivity index (χ0v) is 29.5. The minimum atomic E-state index is -4.65. The third-order valence-corrected chi connectivity index (χ3v) is 8.97. The molecule has 2 aromatic rings. The molecule has 0 aliphatic carbocycles. The number of benzene rings is 2. The van der Waals surface area contributed by atoms with Gasteiger partial charge in [-0.25, -0.2) is 4.57 Å². The molecule has 0 aromatic heterocycles. The molecule has 3 N–H and O–H groups in total. The van der Waals surface area contributed by atoms with Crippen molar-refractivity contribution in [1.82, 2.24) is 0 Å². The van der Waals surface area contributed by atoms with Crippen LogP contribution in [0.1, 0.15) is 92.4 Å². The number of ketones is 1. The summed E-state index contributed by atoms with van der Waals surface area (Å²) in [5.41, 5.74) is 6.66. The van der Waals surface area contributed by atoms with Crippen molar-refractivity contribution >= 4 is 13.6 Å². The fourth-order valence-electron chi connectivity index (χ4n) is 5.21. The molecule has 0 saturated carbocycles. The summed E-state index contributed by atoms with van der Waals surface area (Å²) < 4.78 is 35.1. The Labute approximate surface area is 277 Å². The van der Waals surface area contributed by atoms with Gasteiger partial charge in [-0.15, -0.1) is 0 Å². The maximum atomic E-state index is 12.9. The Morgan fingerprint density at radius 2 is 1.37 bits per heavy atom. The molecule has 0 saturated heterocycles. The molecule has 5 atom stereocenters. The molecule has 0 fully saturated rings. The second kappa shape index (κ2) is 22.2. The number of phosphoric ester groups is 1. The first-order chi connectivity index (χ1) is 22.0. The van der Waals surface area contributed by atoms with E-state index in [9.17, 15) is 14.3 Å². The average Bonchev–Trinajstić information content (AvgIpc) is 3.02. The van der Waals surface area contributed by atoms with Gasteiger partial charge in [0, 0.05) is 6.54 Å². The van der Waals surface area contributed by atoms with Crippen molar-refractivity contribution in [3.05, 3.63) is 72.3 Å². The van der Waals surface area contributed by atoms with Gasteiger partial charge in [0.05, 0.1) is 6.61 Å². The molecule has 5 unspecified atom stereocenters. The molecule has 8 nitrogen and oxygen atoms in total. The number of para-hydroxylation sites is 2. The third-order valence-electron chi connectivity index (χ3n) is 7.97. The number of carbonyl (C=O) groups is 1. The lowest BCUT2D eigenvalue weighted by atomic mass is 9.91. The zero-order chi connectivity index (χ0) is 33.8. The summed E-state index contributed by atoms with van der Waals surface area (Å²) in [5.74, 6) is 2.93. The van der Waals surface area contributed by atoms with E-state index < -0.39 is 25.8 Å². The smallest absolute Gasteiger partial charge is 0.473 e. The number of nitrogens with two attached hydrogens (primary N) is 1. The van der Waals surface area contributed by atoms with Crippen molar-refractivity contribution in [1.29, 1.82) is 0 Å². The van der Waals surface area contributed by atoms with Gasteiger partial charge in [-0.3, -0.25) is 13.8 Å². The highest BCUT2D eigenvalue weighted by atomic mass is 31.2. The van der Waals surface area contributed by atoms with Crippen molar-refractivity contribution in [2.75, 3.05) is 19.8 Å². The topological polar surface area (TPSA) is 117 Å². The number of carbonyl (C=O) groups excluding carboxylic acids is 1. The number of phosphoric acid groups is 1. The van der Waals surface area contributed by atoms with E-state index in [1.54, 1.807) is 24.3 Å². The number of allylic oxidation sites excluding steroid dienone is 1. The lowest BCUT2D eigenvalue weighted by molar-refractivity contribution is -0.121. The van der Waals surface area contributed by atoms with Crippen LogP contribution in [0.2, 0.25) is 0 Å². The van der Waals surface area contributed by atoms with Crippen molar-refractivity contribution in [2.45, 2.75) is 105 Å². The predicted octanol–water partition coefficient (Wildman–Crippen LogP) is 8.93. The summed E-state index contributed by atoms with van der Waals surface area (Å²) >= 11 is 0. The number of hydrogen-bond donors (Lipinski definition) is 2. The van der Waals surface area contributed by atoms with Crippen molar-refractivity contribution in [2.24, 2.45) is 23.5 Å². The van der Waals surface area contributed by atoms with Gasteiger partial charge in [-0.1, -0.05) is 115 Å². The van der Waals surface area contributed by atoms with Gasteiger partial charge in [0.1, 0.15) is 24.2 Å². The van der Waals surface area contributed by atoms with Crippen LogP contribution in [0.5, 0.6) is 11.5 Å². The lowest BCUT2D eigenvalue weighted by Gasteiger charge is -2.22. The van der Waals surface area contributed by atoms with Gasteiger partial charge in [0.2, 0.25) is 0 Å². The Morgan fingerprint density at radius 1 is 0.826 bits per heavy atom. The van der Waals surface area contributed by atoms with Crippen molar-refractivity contribution in [3.8, 4) is 11.5 Å². The van der Waals surface area contributed by atoms with Crippen molar-refractivity contribution in [3.63, 3.8) is 0 Å². The van der Waals surface area contributed by atoms with Gasteiger partial charge in [-0.05, 0) is 67.9 Å². The molecular weight excluding hydrogens is 601 g/mol. The molecule has 0 aliphatic rings. The number of ether oxygens (including phenoxy) is 2.